The first-order valence-electron chi connectivity index (χ1n) is 2.57. The third kappa shape index (κ3) is 5.26. The van der Waals surface area contributed by atoms with Crippen LogP contribution in [0.2, 0.25) is 0 Å². The van der Waals surface area contributed by atoms with Crippen LogP contribution in [0.15, 0.2) is 0 Å². The quantitative estimate of drug-likeness (QED) is 0.501. The fourth-order valence-corrected chi connectivity index (χ4v) is 0.395. The molecule has 4 nitrogen and oxygen atoms in total. The molecular formula is C5H11NO3. The lowest BCUT2D eigenvalue weighted by molar-refractivity contribution is -0.148. The van der Waals surface area contributed by atoms with Gasteiger partial charge in [0.05, 0.1) is 12.0 Å². The van der Waals surface area contributed by atoms with E-state index in [1.165, 1.54) is 13.8 Å². The average molecular weight is 133 g/mol. The van der Waals surface area contributed by atoms with Gasteiger partial charge >= 0.3 is 5.97 Å². The molecule has 3 N–H and O–H groups in total. The van der Waals surface area contributed by atoms with Crippen LogP contribution in [0.3, 0.4) is 0 Å². The summed E-state index contributed by atoms with van der Waals surface area (Å²) in [6.45, 7) is 3.01. The molecule has 4 heteroatoms. The van der Waals surface area contributed by atoms with Gasteiger partial charge in [-0.05, 0) is 13.8 Å². The zero-order chi connectivity index (χ0) is 7.49. The second-order valence-corrected chi connectivity index (χ2v) is 2.48. The van der Waals surface area contributed by atoms with Crippen molar-refractivity contribution in [1.82, 2.24) is 0 Å². The molecule has 0 radical (unpaired) electrons. The van der Waals surface area contributed by atoms with E-state index in [2.05, 4.69) is 10.7 Å². The Morgan fingerprint density at radius 3 is 2.33 bits per heavy atom. The molecule has 0 aromatic heterocycles. The molecule has 0 aliphatic rings. The second-order valence-electron chi connectivity index (χ2n) is 2.48. The summed E-state index contributed by atoms with van der Waals surface area (Å²) < 4.78 is 0. The van der Waals surface area contributed by atoms with Crippen molar-refractivity contribution in [3.8, 4) is 0 Å². The lowest BCUT2D eigenvalue weighted by atomic mass is 10.1. The summed E-state index contributed by atoms with van der Waals surface area (Å²) in [6, 6.07) is 0. The zero-order valence-electron chi connectivity index (χ0n) is 5.55. The van der Waals surface area contributed by atoms with Crippen molar-refractivity contribution < 1.29 is 14.7 Å². The number of hydrogen-bond donors (Lipinski definition) is 2. The maximum Gasteiger partial charge on any atom is 0.327 e. The van der Waals surface area contributed by atoms with E-state index in [0.717, 1.165) is 0 Å². The number of carbonyl (C=O) groups is 1. The Bertz CT molecular complexity index is 105. The third-order valence-corrected chi connectivity index (χ3v) is 0.708. The minimum atomic E-state index is -1.03. The van der Waals surface area contributed by atoms with Gasteiger partial charge in [0.2, 0.25) is 0 Å². The molecule has 0 bridgehead atoms. The Morgan fingerprint density at radius 2 is 2.22 bits per heavy atom. The van der Waals surface area contributed by atoms with Crippen LogP contribution in [-0.2, 0) is 9.63 Å². The van der Waals surface area contributed by atoms with Crippen molar-refractivity contribution in [2.24, 2.45) is 5.90 Å². The largest absolute Gasteiger partial charge is 0.390 e. The van der Waals surface area contributed by atoms with Gasteiger partial charge in [-0.15, -0.1) is 0 Å². The average Bonchev–Trinajstić information content (AvgIpc) is 1.62. The van der Waals surface area contributed by atoms with Gasteiger partial charge in [-0.2, -0.15) is 5.90 Å². The van der Waals surface area contributed by atoms with Gasteiger partial charge in [0.15, 0.2) is 0 Å². The van der Waals surface area contributed by atoms with Crippen LogP contribution in [0.4, 0.5) is 0 Å². The first kappa shape index (κ1) is 8.39. The highest BCUT2D eigenvalue weighted by Gasteiger charge is 2.18. The minimum absolute atomic E-state index is 0.0799. The van der Waals surface area contributed by atoms with Gasteiger partial charge in [0, 0.05) is 0 Å². The molecule has 0 atom stereocenters. The van der Waals surface area contributed by atoms with E-state index < -0.39 is 11.6 Å². The molecule has 0 aliphatic heterocycles. The highest BCUT2D eigenvalue weighted by Crippen LogP contribution is 2.06. The lowest BCUT2D eigenvalue weighted by Gasteiger charge is -2.13. The molecule has 0 saturated carbocycles. The molecular weight excluding hydrogens is 122 g/mol. The molecule has 0 heterocycles. The van der Waals surface area contributed by atoms with E-state index in [0.29, 0.717) is 0 Å². The number of hydrogen-bond acceptors (Lipinski definition) is 4. The molecule has 0 aromatic carbocycles. The van der Waals surface area contributed by atoms with Crippen molar-refractivity contribution in [2.75, 3.05) is 0 Å². The maximum atomic E-state index is 10.3. The zero-order valence-corrected chi connectivity index (χ0v) is 5.55. The van der Waals surface area contributed by atoms with Crippen molar-refractivity contribution >= 4 is 5.97 Å². The topological polar surface area (TPSA) is 72.5 Å². The van der Waals surface area contributed by atoms with Crippen molar-refractivity contribution in [3.05, 3.63) is 0 Å². The summed E-state index contributed by atoms with van der Waals surface area (Å²) >= 11 is 0. The predicted molar refractivity (Wildman–Crippen MR) is 31.2 cm³/mol. The normalized spacial score (nSPS) is 11.1. The van der Waals surface area contributed by atoms with Gasteiger partial charge in [-0.3, -0.25) is 4.79 Å². The Kier molecular flexibility index (Phi) is 2.61. The predicted octanol–water partition coefficient (Wildman–Crippen LogP) is -0.436. The number of carbonyl (C=O) groups excluding carboxylic acids is 1. The molecule has 0 amide bonds. The Labute approximate surface area is 53.6 Å². The first-order valence-corrected chi connectivity index (χ1v) is 2.57. The van der Waals surface area contributed by atoms with Crippen LogP contribution in [-0.4, -0.2) is 16.7 Å². The Morgan fingerprint density at radius 1 is 1.78 bits per heavy atom. The molecule has 0 saturated heterocycles. The monoisotopic (exact) mass is 133 g/mol. The molecule has 0 spiro atoms. The van der Waals surface area contributed by atoms with E-state index in [1.807, 2.05) is 0 Å². The van der Waals surface area contributed by atoms with Crippen molar-refractivity contribution in [1.29, 1.82) is 0 Å². The van der Waals surface area contributed by atoms with E-state index in [-0.39, 0.29) is 6.42 Å². The van der Waals surface area contributed by atoms with E-state index in [4.69, 9.17) is 5.11 Å². The van der Waals surface area contributed by atoms with Crippen LogP contribution < -0.4 is 5.90 Å². The van der Waals surface area contributed by atoms with Gasteiger partial charge in [-0.25, -0.2) is 0 Å². The summed E-state index contributed by atoms with van der Waals surface area (Å²) in [4.78, 5) is 14.1. The van der Waals surface area contributed by atoms with Crippen molar-refractivity contribution in [2.45, 2.75) is 25.9 Å². The minimum Gasteiger partial charge on any atom is -0.390 e. The number of aliphatic hydroxyl groups is 1. The molecule has 0 aromatic rings. The summed E-state index contributed by atoms with van der Waals surface area (Å²) in [7, 11) is 0. The second kappa shape index (κ2) is 2.80. The number of nitrogens with two attached hydrogens (primary N) is 1. The standard InChI is InChI=1S/C5H11NO3/c1-5(2,8)3-4(7)9-6/h8H,3,6H2,1-2H3. The Hall–Kier alpha value is -0.610. The van der Waals surface area contributed by atoms with Gasteiger partial charge in [0.1, 0.15) is 0 Å². The van der Waals surface area contributed by atoms with Gasteiger partial charge < -0.3 is 9.94 Å². The van der Waals surface area contributed by atoms with E-state index in [1.54, 1.807) is 0 Å². The summed E-state index contributed by atoms with van der Waals surface area (Å²) in [6.07, 6.45) is -0.0799. The summed E-state index contributed by atoms with van der Waals surface area (Å²) in [5.41, 5.74) is -1.03. The molecule has 0 fully saturated rings. The van der Waals surface area contributed by atoms with Crippen LogP contribution in [0.1, 0.15) is 20.3 Å². The first-order chi connectivity index (χ1) is 3.95. The third-order valence-electron chi connectivity index (χ3n) is 0.708. The van der Waals surface area contributed by atoms with Crippen LogP contribution in [0.5, 0.6) is 0 Å². The molecule has 54 valence electrons. The molecule has 0 rings (SSSR count). The highest BCUT2D eigenvalue weighted by molar-refractivity contribution is 5.70. The van der Waals surface area contributed by atoms with E-state index >= 15 is 0 Å². The highest BCUT2D eigenvalue weighted by atomic mass is 16.7. The smallest absolute Gasteiger partial charge is 0.327 e. The van der Waals surface area contributed by atoms with Gasteiger partial charge in [-0.1, -0.05) is 0 Å². The van der Waals surface area contributed by atoms with Crippen LogP contribution >= 0.6 is 0 Å². The van der Waals surface area contributed by atoms with Gasteiger partial charge in [0.25, 0.3) is 0 Å². The molecule has 9 heavy (non-hydrogen) atoms. The van der Waals surface area contributed by atoms with E-state index in [9.17, 15) is 4.79 Å². The van der Waals surface area contributed by atoms with Crippen molar-refractivity contribution in [3.63, 3.8) is 0 Å². The fourth-order valence-electron chi connectivity index (χ4n) is 0.395. The lowest BCUT2D eigenvalue weighted by Crippen LogP contribution is -2.25. The summed E-state index contributed by atoms with van der Waals surface area (Å²) in [5, 5.41) is 8.96. The Balaban J connectivity index is 3.60. The van der Waals surface area contributed by atoms with Crippen LogP contribution in [0, 0.1) is 0 Å². The number of rotatable bonds is 2. The fraction of sp³-hybridized carbons (Fsp3) is 0.800. The SMILES string of the molecule is CC(C)(O)CC(=O)ON. The molecule has 0 unspecified atom stereocenters. The summed E-state index contributed by atoms with van der Waals surface area (Å²) in [5.74, 6) is 3.91. The maximum absolute atomic E-state index is 10.3. The molecule has 0 aliphatic carbocycles. The van der Waals surface area contributed by atoms with Crippen LogP contribution in [0.25, 0.3) is 0 Å².